The molecule has 7 heteroatoms. The van der Waals surface area contributed by atoms with Crippen molar-refractivity contribution in [2.75, 3.05) is 39.9 Å². The first-order valence-corrected chi connectivity index (χ1v) is 7.14. The van der Waals surface area contributed by atoms with Crippen LogP contribution in [-0.2, 0) is 11.2 Å². The number of aryl methyl sites for hydroxylation is 1. The molecule has 6 nitrogen and oxygen atoms in total. The standard InChI is InChI=1S/C13H22N4O2.ClH/c1-17-6-5-14-8-11(17)13-15-12(19-16-13)3-2-10-4-7-18-9-10;/h10-11,14H,2-9H2,1H3;1H. The molecule has 2 atom stereocenters. The molecule has 0 saturated carbocycles. The minimum absolute atomic E-state index is 0. The molecule has 2 unspecified atom stereocenters. The largest absolute Gasteiger partial charge is 0.381 e. The monoisotopic (exact) mass is 302 g/mol. The van der Waals surface area contributed by atoms with Crippen LogP contribution in [0.2, 0.25) is 0 Å². The van der Waals surface area contributed by atoms with Crippen LogP contribution in [0.1, 0.15) is 30.6 Å². The Morgan fingerprint density at radius 2 is 2.35 bits per heavy atom. The van der Waals surface area contributed by atoms with Gasteiger partial charge in [0.05, 0.1) is 6.04 Å². The molecule has 2 saturated heterocycles. The van der Waals surface area contributed by atoms with Crippen LogP contribution in [0, 0.1) is 5.92 Å². The van der Waals surface area contributed by atoms with Gasteiger partial charge < -0.3 is 14.6 Å². The molecule has 0 aromatic carbocycles. The lowest BCUT2D eigenvalue weighted by molar-refractivity contribution is 0.183. The highest BCUT2D eigenvalue weighted by atomic mass is 35.5. The number of ether oxygens (including phenoxy) is 1. The van der Waals surface area contributed by atoms with Gasteiger partial charge in [0, 0.05) is 39.3 Å². The second-order valence-corrected chi connectivity index (χ2v) is 5.52. The first kappa shape index (κ1) is 15.7. The lowest BCUT2D eigenvalue weighted by atomic mass is 10.0. The van der Waals surface area contributed by atoms with E-state index < -0.39 is 0 Å². The molecule has 0 aliphatic carbocycles. The van der Waals surface area contributed by atoms with Gasteiger partial charge in [-0.1, -0.05) is 5.16 Å². The van der Waals surface area contributed by atoms with Crippen molar-refractivity contribution in [2.45, 2.75) is 25.3 Å². The Balaban J connectivity index is 0.00000147. The van der Waals surface area contributed by atoms with Crippen LogP contribution in [0.25, 0.3) is 0 Å². The summed E-state index contributed by atoms with van der Waals surface area (Å²) in [5.41, 5.74) is 0. The topological polar surface area (TPSA) is 63.4 Å². The first-order chi connectivity index (χ1) is 9.33. The second kappa shape index (κ2) is 7.36. The number of likely N-dealkylation sites (N-methyl/N-ethyl adjacent to an activating group) is 1. The summed E-state index contributed by atoms with van der Waals surface area (Å²) in [5.74, 6) is 2.24. The molecular formula is C13H23ClN4O2. The molecule has 1 aromatic rings. The molecule has 114 valence electrons. The summed E-state index contributed by atoms with van der Waals surface area (Å²) in [6, 6.07) is 0.237. The predicted molar refractivity (Wildman–Crippen MR) is 77.0 cm³/mol. The minimum atomic E-state index is 0. The van der Waals surface area contributed by atoms with Gasteiger partial charge in [0.1, 0.15) is 0 Å². The molecule has 0 radical (unpaired) electrons. The molecular weight excluding hydrogens is 280 g/mol. The SMILES string of the molecule is CN1CCNCC1c1noc(CCC2CCOC2)n1.Cl. The van der Waals surface area contributed by atoms with Crippen molar-refractivity contribution in [1.29, 1.82) is 0 Å². The average molecular weight is 303 g/mol. The predicted octanol–water partition coefficient (Wildman–Crippen LogP) is 1.04. The van der Waals surface area contributed by atoms with Crippen molar-refractivity contribution in [3.05, 3.63) is 11.7 Å². The highest BCUT2D eigenvalue weighted by Gasteiger charge is 2.25. The van der Waals surface area contributed by atoms with Crippen molar-refractivity contribution >= 4 is 12.4 Å². The van der Waals surface area contributed by atoms with E-state index in [1.54, 1.807) is 0 Å². The maximum Gasteiger partial charge on any atom is 0.226 e. The fraction of sp³-hybridized carbons (Fsp3) is 0.846. The van der Waals surface area contributed by atoms with E-state index in [0.717, 1.165) is 63.8 Å². The number of nitrogens with one attached hydrogen (secondary N) is 1. The van der Waals surface area contributed by atoms with Crippen LogP contribution < -0.4 is 5.32 Å². The van der Waals surface area contributed by atoms with Crippen LogP contribution in [0.15, 0.2) is 4.52 Å². The van der Waals surface area contributed by atoms with Gasteiger partial charge >= 0.3 is 0 Å². The number of aromatic nitrogens is 2. The van der Waals surface area contributed by atoms with E-state index in [4.69, 9.17) is 9.26 Å². The average Bonchev–Trinajstić information content (AvgIpc) is 3.08. The van der Waals surface area contributed by atoms with Crippen LogP contribution in [0.5, 0.6) is 0 Å². The van der Waals surface area contributed by atoms with Crippen molar-refractivity contribution in [2.24, 2.45) is 5.92 Å². The third kappa shape index (κ3) is 3.69. The molecule has 0 bridgehead atoms. The van der Waals surface area contributed by atoms with Crippen molar-refractivity contribution in [3.8, 4) is 0 Å². The van der Waals surface area contributed by atoms with Crippen LogP contribution >= 0.6 is 12.4 Å². The molecule has 3 heterocycles. The fourth-order valence-corrected chi connectivity index (χ4v) is 2.74. The number of rotatable bonds is 4. The van der Waals surface area contributed by atoms with E-state index in [1.807, 2.05) is 0 Å². The Labute approximate surface area is 125 Å². The van der Waals surface area contributed by atoms with E-state index in [2.05, 4.69) is 27.4 Å². The summed E-state index contributed by atoms with van der Waals surface area (Å²) < 4.78 is 10.7. The lowest BCUT2D eigenvalue weighted by Gasteiger charge is -2.30. The summed E-state index contributed by atoms with van der Waals surface area (Å²) in [7, 11) is 2.11. The smallest absolute Gasteiger partial charge is 0.226 e. The van der Waals surface area contributed by atoms with Crippen LogP contribution in [-0.4, -0.2) is 54.9 Å². The number of hydrogen-bond donors (Lipinski definition) is 1. The van der Waals surface area contributed by atoms with Crippen LogP contribution in [0.4, 0.5) is 0 Å². The Kier molecular flexibility index (Phi) is 5.77. The summed E-state index contributed by atoms with van der Waals surface area (Å²) in [5, 5.41) is 7.51. The van der Waals surface area contributed by atoms with Gasteiger partial charge in [-0.15, -0.1) is 12.4 Å². The molecule has 2 aliphatic heterocycles. The zero-order chi connectivity index (χ0) is 13.1. The van der Waals surface area contributed by atoms with Crippen molar-refractivity contribution in [3.63, 3.8) is 0 Å². The molecule has 1 N–H and O–H groups in total. The second-order valence-electron chi connectivity index (χ2n) is 5.52. The molecule has 2 aliphatic rings. The van der Waals surface area contributed by atoms with Gasteiger partial charge in [0.25, 0.3) is 0 Å². The zero-order valence-electron chi connectivity index (χ0n) is 11.9. The number of halogens is 1. The van der Waals surface area contributed by atoms with Gasteiger partial charge in [-0.3, -0.25) is 4.90 Å². The van der Waals surface area contributed by atoms with E-state index in [-0.39, 0.29) is 18.4 Å². The lowest BCUT2D eigenvalue weighted by Crippen LogP contribution is -2.44. The number of piperazine rings is 1. The summed E-state index contributed by atoms with van der Waals surface area (Å²) in [6.07, 6.45) is 3.11. The maximum absolute atomic E-state index is 5.38. The molecule has 0 spiro atoms. The van der Waals surface area contributed by atoms with E-state index in [9.17, 15) is 0 Å². The Morgan fingerprint density at radius 3 is 3.10 bits per heavy atom. The van der Waals surface area contributed by atoms with E-state index in [0.29, 0.717) is 5.92 Å². The Morgan fingerprint density at radius 1 is 1.45 bits per heavy atom. The third-order valence-corrected chi connectivity index (χ3v) is 4.08. The Hall–Kier alpha value is -0.690. The van der Waals surface area contributed by atoms with Gasteiger partial charge in [-0.25, -0.2) is 0 Å². The fourth-order valence-electron chi connectivity index (χ4n) is 2.74. The summed E-state index contributed by atoms with van der Waals surface area (Å²) in [6.45, 7) is 4.73. The quantitative estimate of drug-likeness (QED) is 0.896. The van der Waals surface area contributed by atoms with E-state index >= 15 is 0 Å². The van der Waals surface area contributed by atoms with Gasteiger partial charge in [-0.2, -0.15) is 4.98 Å². The summed E-state index contributed by atoms with van der Waals surface area (Å²) in [4.78, 5) is 6.82. The van der Waals surface area contributed by atoms with Gasteiger partial charge in [-0.05, 0) is 25.8 Å². The Bertz CT molecular complexity index is 409. The van der Waals surface area contributed by atoms with E-state index in [1.165, 1.54) is 0 Å². The normalized spacial score (nSPS) is 27.4. The third-order valence-electron chi connectivity index (χ3n) is 4.08. The van der Waals surface area contributed by atoms with Gasteiger partial charge in [0.15, 0.2) is 5.82 Å². The highest BCUT2D eigenvalue weighted by Crippen LogP contribution is 2.21. The highest BCUT2D eigenvalue weighted by molar-refractivity contribution is 5.85. The zero-order valence-corrected chi connectivity index (χ0v) is 12.7. The molecule has 0 amide bonds. The number of nitrogens with zero attached hydrogens (tertiary/aromatic N) is 3. The molecule has 2 fully saturated rings. The molecule has 20 heavy (non-hydrogen) atoms. The van der Waals surface area contributed by atoms with Gasteiger partial charge in [0.2, 0.25) is 5.89 Å². The van der Waals surface area contributed by atoms with Crippen molar-refractivity contribution in [1.82, 2.24) is 20.4 Å². The molecule has 3 rings (SSSR count). The number of hydrogen-bond acceptors (Lipinski definition) is 6. The van der Waals surface area contributed by atoms with Crippen LogP contribution in [0.3, 0.4) is 0 Å². The maximum atomic E-state index is 5.38. The first-order valence-electron chi connectivity index (χ1n) is 7.14. The summed E-state index contributed by atoms with van der Waals surface area (Å²) >= 11 is 0. The molecule has 1 aromatic heterocycles. The van der Waals surface area contributed by atoms with Crippen molar-refractivity contribution < 1.29 is 9.26 Å². The minimum Gasteiger partial charge on any atom is -0.381 e.